The molecule has 1 unspecified atom stereocenters. The van der Waals surface area contributed by atoms with Crippen LogP contribution in [-0.2, 0) is 4.84 Å². The normalized spacial score (nSPS) is 34.0. The molecule has 0 radical (unpaired) electrons. The van der Waals surface area contributed by atoms with Crippen molar-refractivity contribution in [2.75, 3.05) is 0 Å². The largest absolute Gasteiger partial charge is 0.392 e. The first-order valence-electron chi connectivity index (χ1n) is 6.69. The predicted octanol–water partition coefficient (Wildman–Crippen LogP) is 4.25. The van der Waals surface area contributed by atoms with Gasteiger partial charge >= 0.3 is 0 Å². The molecule has 0 saturated heterocycles. The summed E-state index contributed by atoms with van der Waals surface area (Å²) in [5, 5.41) is 4.11. The Bertz CT molecular complexity index is 251. The molecule has 2 heteroatoms. The minimum Gasteiger partial charge on any atom is -0.392 e. The first-order valence-corrected chi connectivity index (χ1v) is 6.69. The van der Waals surface area contributed by atoms with Gasteiger partial charge in [0.1, 0.15) is 6.10 Å². The van der Waals surface area contributed by atoms with Crippen molar-refractivity contribution >= 4 is 5.71 Å². The van der Waals surface area contributed by atoms with E-state index in [2.05, 4.69) is 19.0 Å². The number of hydrogen-bond acceptors (Lipinski definition) is 2. The molecule has 0 N–H and O–H groups in total. The SMILES string of the molecule is CC.CC(C)=NO[C@H]1CCC2C[C@@H]1C2(C)C. The van der Waals surface area contributed by atoms with Gasteiger partial charge in [0.15, 0.2) is 0 Å². The molecule has 2 nitrogen and oxygen atoms in total. The van der Waals surface area contributed by atoms with E-state index >= 15 is 0 Å². The van der Waals surface area contributed by atoms with Crippen LogP contribution in [0.1, 0.15) is 60.8 Å². The van der Waals surface area contributed by atoms with Crippen LogP contribution in [0.2, 0.25) is 0 Å². The quantitative estimate of drug-likeness (QED) is 0.508. The lowest BCUT2D eigenvalue weighted by molar-refractivity contribution is -0.162. The third-order valence-corrected chi connectivity index (χ3v) is 4.17. The maximum absolute atomic E-state index is 5.62. The molecule has 0 spiro atoms. The fraction of sp³-hybridized carbons (Fsp3) is 0.929. The summed E-state index contributed by atoms with van der Waals surface area (Å²) in [4.78, 5) is 5.62. The Morgan fingerprint density at radius 2 is 1.81 bits per heavy atom. The van der Waals surface area contributed by atoms with Crippen molar-refractivity contribution in [1.82, 2.24) is 0 Å². The second kappa shape index (κ2) is 5.20. The van der Waals surface area contributed by atoms with E-state index in [-0.39, 0.29) is 0 Å². The molecule has 2 bridgehead atoms. The summed E-state index contributed by atoms with van der Waals surface area (Å²) < 4.78 is 0. The maximum atomic E-state index is 5.62. The minimum absolute atomic E-state index is 0.380. The smallest absolute Gasteiger partial charge is 0.130 e. The fourth-order valence-electron chi connectivity index (χ4n) is 3.04. The van der Waals surface area contributed by atoms with Gasteiger partial charge in [-0.15, -0.1) is 0 Å². The van der Waals surface area contributed by atoms with Gasteiger partial charge in [-0.2, -0.15) is 0 Å². The van der Waals surface area contributed by atoms with Crippen molar-refractivity contribution in [3.8, 4) is 0 Å². The summed E-state index contributed by atoms with van der Waals surface area (Å²) in [6.45, 7) is 12.7. The van der Waals surface area contributed by atoms with Crippen LogP contribution < -0.4 is 0 Å². The molecule has 3 saturated carbocycles. The summed E-state index contributed by atoms with van der Waals surface area (Å²) in [7, 11) is 0. The summed E-state index contributed by atoms with van der Waals surface area (Å²) in [5.74, 6) is 1.68. The van der Waals surface area contributed by atoms with Crippen LogP contribution in [0.5, 0.6) is 0 Å². The summed E-state index contributed by atoms with van der Waals surface area (Å²) in [6.07, 6.45) is 4.27. The van der Waals surface area contributed by atoms with E-state index in [0.717, 1.165) is 17.5 Å². The van der Waals surface area contributed by atoms with E-state index in [4.69, 9.17) is 4.84 Å². The van der Waals surface area contributed by atoms with Gasteiger partial charge in [0.25, 0.3) is 0 Å². The van der Waals surface area contributed by atoms with E-state index in [1.807, 2.05) is 27.7 Å². The van der Waals surface area contributed by atoms with E-state index in [9.17, 15) is 0 Å². The Labute approximate surface area is 100 Å². The van der Waals surface area contributed by atoms with Gasteiger partial charge in [0.05, 0.1) is 5.71 Å². The van der Waals surface area contributed by atoms with E-state index in [0.29, 0.717) is 11.5 Å². The number of fused-ring (bicyclic) bond motifs is 2. The third-order valence-electron chi connectivity index (χ3n) is 4.17. The Morgan fingerprint density at radius 3 is 2.25 bits per heavy atom. The van der Waals surface area contributed by atoms with Crippen LogP contribution in [0, 0.1) is 17.3 Å². The van der Waals surface area contributed by atoms with E-state index < -0.39 is 0 Å². The Morgan fingerprint density at radius 1 is 1.19 bits per heavy atom. The van der Waals surface area contributed by atoms with Gasteiger partial charge in [0, 0.05) is 5.92 Å². The van der Waals surface area contributed by atoms with Crippen molar-refractivity contribution in [1.29, 1.82) is 0 Å². The van der Waals surface area contributed by atoms with Gasteiger partial charge in [-0.05, 0) is 44.4 Å². The highest BCUT2D eigenvalue weighted by Gasteiger charge is 2.55. The second-order valence-electron chi connectivity index (χ2n) is 5.62. The molecule has 3 rings (SSSR count). The lowest BCUT2D eigenvalue weighted by Crippen LogP contribution is -2.55. The maximum Gasteiger partial charge on any atom is 0.130 e. The number of nitrogens with zero attached hydrogens (tertiary/aromatic N) is 1. The standard InChI is InChI=1S/C12H21NO.C2H6/c1-8(2)13-14-11-6-5-9-7-10(11)12(9,3)4;1-2/h9-11H,5-7H2,1-4H3;1-2H3/t9?,10-,11-;/m0./s1. The zero-order chi connectivity index (χ0) is 12.3. The fourth-order valence-corrected chi connectivity index (χ4v) is 3.04. The Balaban J connectivity index is 0.000000606. The van der Waals surface area contributed by atoms with Gasteiger partial charge in [0.2, 0.25) is 0 Å². The molecule has 0 heterocycles. The second-order valence-corrected chi connectivity index (χ2v) is 5.62. The zero-order valence-electron chi connectivity index (χ0n) is 11.7. The van der Waals surface area contributed by atoms with Crippen molar-refractivity contribution in [3.05, 3.63) is 0 Å². The van der Waals surface area contributed by atoms with Crippen molar-refractivity contribution in [2.45, 2.75) is 66.9 Å². The number of hydrogen-bond donors (Lipinski definition) is 0. The molecule has 0 aliphatic heterocycles. The average molecular weight is 225 g/mol. The average Bonchev–Trinajstić information content (AvgIpc) is 2.29. The van der Waals surface area contributed by atoms with Crippen molar-refractivity contribution in [2.24, 2.45) is 22.4 Å². The minimum atomic E-state index is 0.380. The summed E-state index contributed by atoms with van der Waals surface area (Å²) >= 11 is 0. The van der Waals surface area contributed by atoms with Crippen LogP contribution >= 0.6 is 0 Å². The highest BCUT2D eigenvalue weighted by atomic mass is 16.6. The van der Waals surface area contributed by atoms with Gasteiger partial charge in [-0.1, -0.05) is 32.9 Å². The van der Waals surface area contributed by atoms with Gasteiger partial charge in [-0.3, -0.25) is 0 Å². The zero-order valence-corrected chi connectivity index (χ0v) is 11.7. The molecular formula is C14H27NO. The Hall–Kier alpha value is -0.530. The van der Waals surface area contributed by atoms with E-state index in [1.165, 1.54) is 19.3 Å². The molecular weight excluding hydrogens is 198 g/mol. The van der Waals surface area contributed by atoms with Crippen LogP contribution in [0.3, 0.4) is 0 Å². The lowest BCUT2D eigenvalue weighted by Gasteiger charge is -2.58. The Kier molecular flexibility index (Phi) is 4.40. The lowest BCUT2D eigenvalue weighted by atomic mass is 9.48. The molecule has 0 aromatic heterocycles. The molecule has 0 aromatic carbocycles. The third kappa shape index (κ3) is 2.41. The van der Waals surface area contributed by atoms with Crippen molar-refractivity contribution in [3.63, 3.8) is 0 Å². The van der Waals surface area contributed by atoms with Gasteiger partial charge in [-0.25, -0.2) is 0 Å². The molecule has 3 aliphatic carbocycles. The molecule has 94 valence electrons. The van der Waals surface area contributed by atoms with Crippen molar-refractivity contribution < 1.29 is 4.84 Å². The predicted molar refractivity (Wildman–Crippen MR) is 69.6 cm³/mol. The number of rotatable bonds is 2. The highest BCUT2D eigenvalue weighted by molar-refractivity contribution is 5.78. The first-order chi connectivity index (χ1) is 7.51. The van der Waals surface area contributed by atoms with Gasteiger partial charge < -0.3 is 4.84 Å². The summed E-state index contributed by atoms with van der Waals surface area (Å²) in [6, 6.07) is 0. The van der Waals surface area contributed by atoms with Crippen LogP contribution in [0.15, 0.2) is 5.16 Å². The molecule has 3 atom stereocenters. The first kappa shape index (κ1) is 13.5. The molecule has 0 amide bonds. The van der Waals surface area contributed by atoms with E-state index in [1.54, 1.807) is 0 Å². The number of oxime groups is 1. The van der Waals surface area contributed by atoms with Crippen LogP contribution in [0.4, 0.5) is 0 Å². The topological polar surface area (TPSA) is 21.6 Å². The highest BCUT2D eigenvalue weighted by Crippen LogP contribution is 2.59. The monoisotopic (exact) mass is 225 g/mol. The molecule has 3 aliphatic rings. The summed E-state index contributed by atoms with van der Waals surface area (Å²) in [5.41, 5.74) is 1.52. The molecule has 0 aromatic rings. The van der Waals surface area contributed by atoms with Crippen LogP contribution in [0.25, 0.3) is 0 Å². The molecule has 3 fully saturated rings. The molecule has 16 heavy (non-hydrogen) atoms. The van der Waals surface area contributed by atoms with Crippen LogP contribution in [-0.4, -0.2) is 11.8 Å².